The van der Waals surface area contributed by atoms with Crippen LogP contribution in [0.25, 0.3) is 5.69 Å². The molecule has 1 aromatic carbocycles. The molecule has 0 unspecified atom stereocenters. The number of thioether (sulfide) groups is 1. The van der Waals surface area contributed by atoms with Crippen LogP contribution in [0.5, 0.6) is 0 Å². The molecule has 2 aromatic rings. The number of rotatable bonds is 10. The van der Waals surface area contributed by atoms with Gasteiger partial charge in [0, 0.05) is 5.75 Å². The van der Waals surface area contributed by atoms with Crippen LogP contribution in [0.1, 0.15) is 53.4 Å². The number of hydrogen-bond donors (Lipinski definition) is 0. The van der Waals surface area contributed by atoms with Crippen LogP contribution in [-0.2, 0) is 0 Å². The van der Waals surface area contributed by atoms with Crippen LogP contribution in [0, 0.1) is 0 Å². The predicted molar refractivity (Wildman–Crippen MR) is 115 cm³/mol. The second-order valence-electron chi connectivity index (χ2n) is 6.98. The molecule has 0 aliphatic heterocycles. The number of nitrogens with zero attached hydrogens (tertiary/aromatic N) is 4. The van der Waals surface area contributed by atoms with Crippen LogP contribution in [0.2, 0.25) is 0 Å². The highest BCUT2D eigenvalue weighted by atomic mass is 32.2. The molecular weight excluding hydrogens is 352 g/mol. The van der Waals surface area contributed by atoms with Crippen LogP contribution >= 0.6 is 11.8 Å². The summed E-state index contributed by atoms with van der Waals surface area (Å²) in [7, 11) is 0. The van der Waals surface area contributed by atoms with Gasteiger partial charge < -0.3 is 0 Å². The van der Waals surface area contributed by atoms with Crippen molar-refractivity contribution in [2.24, 2.45) is 0 Å². The molecule has 0 saturated heterocycles. The smallest absolute Gasteiger partial charge is 0.188 e. The summed E-state index contributed by atoms with van der Waals surface area (Å²) >= 11 is 1.66. The topological polar surface area (TPSA) is 43.6 Å². The van der Waals surface area contributed by atoms with Gasteiger partial charge in [-0.25, -0.2) is 0 Å². The molecule has 0 amide bonds. The molecule has 1 heterocycles. The lowest BCUT2D eigenvalue weighted by Gasteiger charge is -2.03. The van der Waals surface area contributed by atoms with Crippen LogP contribution in [-0.4, -0.2) is 26.0 Å². The summed E-state index contributed by atoms with van der Waals surface area (Å²) in [6.07, 6.45) is 11.5. The molecule has 144 valence electrons. The molecule has 0 fully saturated rings. The fraction of sp³-hybridized carbons (Fsp3) is 0.409. The Morgan fingerprint density at radius 3 is 2.30 bits per heavy atom. The maximum absolute atomic E-state index is 4.14. The first kappa shape index (κ1) is 21.2. The third-order valence-electron chi connectivity index (χ3n) is 4.21. The summed E-state index contributed by atoms with van der Waals surface area (Å²) < 4.78 is 1.78. The van der Waals surface area contributed by atoms with Gasteiger partial charge in [-0.3, -0.25) is 0 Å². The van der Waals surface area contributed by atoms with E-state index in [9.17, 15) is 0 Å². The van der Waals surface area contributed by atoms with Crippen molar-refractivity contribution in [1.82, 2.24) is 20.2 Å². The first-order chi connectivity index (χ1) is 13.1. The van der Waals surface area contributed by atoms with Gasteiger partial charge in [0.25, 0.3) is 0 Å². The monoisotopic (exact) mass is 382 g/mol. The highest BCUT2D eigenvalue weighted by Crippen LogP contribution is 2.19. The van der Waals surface area contributed by atoms with Crippen molar-refractivity contribution in [3.05, 3.63) is 65.3 Å². The van der Waals surface area contributed by atoms with E-state index in [1.165, 1.54) is 16.7 Å². The highest BCUT2D eigenvalue weighted by molar-refractivity contribution is 7.99. The molecule has 0 N–H and O–H groups in total. The minimum absolute atomic E-state index is 0.820. The van der Waals surface area contributed by atoms with Gasteiger partial charge in [-0.2, -0.15) is 4.68 Å². The van der Waals surface area contributed by atoms with Gasteiger partial charge in [0.05, 0.1) is 5.69 Å². The molecule has 0 radical (unpaired) electrons. The van der Waals surface area contributed by atoms with Crippen molar-refractivity contribution in [1.29, 1.82) is 0 Å². The van der Waals surface area contributed by atoms with Crippen molar-refractivity contribution in [2.45, 2.75) is 58.5 Å². The minimum Gasteiger partial charge on any atom is -0.188 e. The molecular formula is C22H30N4S. The van der Waals surface area contributed by atoms with E-state index in [0.29, 0.717) is 0 Å². The molecule has 2 rings (SSSR count). The van der Waals surface area contributed by atoms with Gasteiger partial charge in [0.1, 0.15) is 0 Å². The van der Waals surface area contributed by atoms with E-state index in [4.69, 9.17) is 0 Å². The van der Waals surface area contributed by atoms with Crippen LogP contribution < -0.4 is 0 Å². The average Bonchev–Trinajstić information content (AvgIpc) is 3.10. The summed E-state index contributed by atoms with van der Waals surface area (Å²) in [5, 5.41) is 12.9. The maximum Gasteiger partial charge on any atom is 0.214 e. The maximum atomic E-state index is 4.14. The average molecular weight is 383 g/mol. The Kier molecular flexibility index (Phi) is 9.05. The van der Waals surface area contributed by atoms with Gasteiger partial charge in [-0.15, -0.1) is 5.10 Å². The summed E-state index contributed by atoms with van der Waals surface area (Å²) in [5.41, 5.74) is 5.28. The zero-order chi connectivity index (χ0) is 19.5. The van der Waals surface area contributed by atoms with E-state index in [-0.39, 0.29) is 0 Å². The zero-order valence-electron chi connectivity index (χ0n) is 16.9. The normalized spacial score (nSPS) is 12.3. The van der Waals surface area contributed by atoms with Crippen molar-refractivity contribution in [3.8, 4) is 5.69 Å². The Balaban J connectivity index is 1.77. The molecule has 1 aromatic heterocycles. The van der Waals surface area contributed by atoms with E-state index >= 15 is 0 Å². The van der Waals surface area contributed by atoms with E-state index < -0.39 is 0 Å². The van der Waals surface area contributed by atoms with Gasteiger partial charge in [-0.05, 0) is 75.9 Å². The summed E-state index contributed by atoms with van der Waals surface area (Å²) in [4.78, 5) is 0. The largest absolute Gasteiger partial charge is 0.214 e. The number of allylic oxidation sites excluding steroid dienone is 5. The summed E-state index contributed by atoms with van der Waals surface area (Å²) in [6.45, 7) is 8.75. The lowest BCUT2D eigenvalue weighted by atomic mass is 10.1. The molecule has 0 aliphatic rings. The number of aromatic nitrogens is 4. The van der Waals surface area contributed by atoms with E-state index in [2.05, 4.69) is 61.4 Å². The lowest BCUT2D eigenvalue weighted by Crippen LogP contribution is -1.98. The fourth-order valence-electron chi connectivity index (χ4n) is 2.60. The predicted octanol–water partition coefficient (Wildman–Crippen LogP) is 6.17. The van der Waals surface area contributed by atoms with Crippen LogP contribution in [0.15, 0.2) is 70.4 Å². The van der Waals surface area contributed by atoms with Gasteiger partial charge in [-0.1, -0.05) is 64.9 Å². The zero-order valence-corrected chi connectivity index (χ0v) is 17.7. The Morgan fingerprint density at radius 1 is 0.926 bits per heavy atom. The standard InChI is InChI=1S/C22H30N4S/c1-18(2)10-8-11-19(3)12-9-13-20(4)16-17-27-22-23-24-25-26(22)21-14-6-5-7-15-21/h5-7,10,12,14-16H,8-9,11,13,17H2,1-4H3/b19-12+,20-16+. The molecule has 0 spiro atoms. The minimum atomic E-state index is 0.820. The number of benzene rings is 1. The number of tetrazole rings is 1. The van der Waals surface area contributed by atoms with Crippen molar-refractivity contribution in [2.75, 3.05) is 5.75 Å². The third-order valence-corrected chi connectivity index (χ3v) is 5.05. The Labute approximate surface area is 167 Å². The van der Waals surface area contributed by atoms with Crippen LogP contribution in [0.4, 0.5) is 0 Å². The van der Waals surface area contributed by atoms with E-state index in [1.807, 2.05) is 30.3 Å². The van der Waals surface area contributed by atoms with Crippen LogP contribution in [0.3, 0.4) is 0 Å². The lowest BCUT2D eigenvalue weighted by molar-refractivity contribution is 0.757. The second kappa shape index (κ2) is 11.5. The van der Waals surface area contributed by atoms with E-state index in [1.54, 1.807) is 16.4 Å². The Morgan fingerprint density at radius 2 is 1.59 bits per heavy atom. The molecule has 27 heavy (non-hydrogen) atoms. The van der Waals surface area contributed by atoms with Crippen molar-refractivity contribution >= 4 is 11.8 Å². The van der Waals surface area contributed by atoms with Gasteiger partial charge in [0.15, 0.2) is 0 Å². The van der Waals surface area contributed by atoms with Crippen molar-refractivity contribution in [3.63, 3.8) is 0 Å². The SMILES string of the molecule is CC(C)=CCC/C(C)=C/CC/C(C)=C/CSc1nnnn1-c1ccccc1. The fourth-order valence-corrected chi connectivity index (χ4v) is 3.47. The molecule has 4 nitrogen and oxygen atoms in total. The second-order valence-corrected chi connectivity index (χ2v) is 7.97. The van der Waals surface area contributed by atoms with Crippen molar-refractivity contribution < 1.29 is 0 Å². The molecule has 0 atom stereocenters. The molecule has 0 bridgehead atoms. The number of para-hydroxylation sites is 1. The van der Waals surface area contributed by atoms with E-state index in [0.717, 1.165) is 42.3 Å². The highest BCUT2D eigenvalue weighted by Gasteiger charge is 2.07. The quantitative estimate of drug-likeness (QED) is 0.364. The van der Waals surface area contributed by atoms with Gasteiger partial charge in [0.2, 0.25) is 5.16 Å². The first-order valence-corrected chi connectivity index (χ1v) is 10.5. The Hall–Kier alpha value is -2.14. The van der Waals surface area contributed by atoms with Gasteiger partial charge >= 0.3 is 0 Å². The number of hydrogen-bond acceptors (Lipinski definition) is 4. The first-order valence-electron chi connectivity index (χ1n) is 9.47. The third kappa shape index (κ3) is 7.95. The molecule has 0 saturated carbocycles. The summed E-state index contributed by atoms with van der Waals surface area (Å²) in [5.74, 6) is 0.877. The Bertz CT molecular complexity index is 784. The molecule has 0 aliphatic carbocycles. The summed E-state index contributed by atoms with van der Waals surface area (Å²) in [6, 6.07) is 9.99. The molecule has 5 heteroatoms.